The van der Waals surface area contributed by atoms with Crippen molar-refractivity contribution in [3.63, 3.8) is 0 Å². The van der Waals surface area contributed by atoms with Gasteiger partial charge < -0.3 is 81.2 Å². The molecule has 0 radical (unpaired) electrons. The van der Waals surface area contributed by atoms with Gasteiger partial charge in [0, 0.05) is 101 Å². The molecule has 3 aliphatic rings. The monoisotopic (exact) mass is 1920 g/mol. The highest BCUT2D eigenvalue weighted by Gasteiger charge is 2.35. The lowest BCUT2D eigenvalue weighted by molar-refractivity contribution is -0.112. The second-order valence-corrected chi connectivity index (χ2v) is 41.7. The Labute approximate surface area is 816 Å². The third-order valence-corrected chi connectivity index (χ3v) is 28.3. The van der Waals surface area contributed by atoms with Gasteiger partial charge >= 0.3 is 0 Å². The van der Waals surface area contributed by atoms with Gasteiger partial charge in [0.15, 0.2) is 17.1 Å². The number of nitrogens with zero attached hydrogens (tertiary/aromatic N) is 6. The van der Waals surface area contributed by atoms with E-state index in [0.29, 0.717) is 113 Å². The number of hydrogen-bond acceptors (Lipinski definition) is 25. The number of rotatable bonds is 31. The van der Waals surface area contributed by atoms with Gasteiger partial charge in [-0.15, -0.1) is 34.0 Å². The highest BCUT2D eigenvalue weighted by Crippen LogP contribution is 2.43. The summed E-state index contributed by atoms with van der Waals surface area (Å²) >= 11 is 4.24. The molecule has 0 bridgehead atoms. The summed E-state index contributed by atoms with van der Waals surface area (Å²) in [6.07, 6.45) is 10.1. The SMILES string of the molecule is Cc1cc(C(=O)Nc2cccc([C@@H](CN)NC(=O)c3cc4cc5c(nc4s3)CC[C@@H](C(C)(C)C)C5)c2)no1.Cc1cc(C(=O)Nc2cccc([C@@H](CNCCO)NC(=O)c3cc4cc5c(nc4s3)CC[C@@H](C(C)(C)C)C5)c2)no1.Cc1cc(C(=O)Nc2cccc([C@@H](CNCCOCc3ccccc3)NC(=O)c3cc4cc5c(nc4s3)CC[C@@H](C(C)(C)C)C5)c2)no1.O=CCOCc1ccccc1. The predicted octanol–water partition coefficient (Wildman–Crippen LogP) is 19.2. The summed E-state index contributed by atoms with van der Waals surface area (Å²) in [6.45, 7) is 29.7. The van der Waals surface area contributed by atoms with Crippen molar-refractivity contribution in [2.75, 3.05) is 68.5 Å². The molecule has 11 N–H and O–H groups in total. The number of aliphatic hydroxyl groups is 1. The van der Waals surface area contributed by atoms with Crippen LogP contribution in [-0.2, 0) is 66.0 Å². The topological polar surface area (TPSA) is 397 Å². The van der Waals surface area contributed by atoms with E-state index in [9.17, 15) is 38.7 Å². The molecule has 3 aliphatic carbocycles. The van der Waals surface area contributed by atoms with Crippen LogP contribution in [0.1, 0.15) is 239 Å². The molecule has 0 fully saturated rings. The number of pyridine rings is 3. The summed E-state index contributed by atoms with van der Waals surface area (Å²) in [5.41, 5.74) is 21.2. The van der Waals surface area contributed by atoms with Crippen LogP contribution in [0.15, 0.2) is 202 Å². The second kappa shape index (κ2) is 46.6. The number of fused-ring (bicyclic) bond motifs is 6. The van der Waals surface area contributed by atoms with E-state index in [1.807, 2.05) is 133 Å². The Morgan fingerprint density at radius 2 is 0.775 bits per heavy atom. The molecule has 28 nitrogen and oxygen atoms in total. The number of nitrogens with one attached hydrogen (secondary N) is 8. The molecule has 31 heteroatoms. The molecule has 6 atom stereocenters. The maximum Gasteiger partial charge on any atom is 0.277 e. The van der Waals surface area contributed by atoms with E-state index >= 15 is 0 Å². The van der Waals surface area contributed by atoms with Crippen molar-refractivity contribution >= 4 is 123 Å². The maximum absolute atomic E-state index is 13.8. The van der Waals surface area contributed by atoms with Crippen molar-refractivity contribution < 1.29 is 61.7 Å². The number of aromatic nitrogens is 6. The smallest absolute Gasteiger partial charge is 0.277 e. The Kier molecular flexibility index (Phi) is 34.2. The minimum absolute atomic E-state index is 0.0173. The van der Waals surface area contributed by atoms with E-state index in [0.717, 1.165) is 140 Å². The van der Waals surface area contributed by atoms with Gasteiger partial charge in [0.25, 0.3) is 35.4 Å². The Bertz CT molecular complexity index is 6560. The average molecular weight is 1920 g/mol. The number of carbonyl (C=O) groups excluding carboxylic acids is 7. The van der Waals surface area contributed by atoms with E-state index in [1.165, 1.54) is 50.7 Å². The minimum Gasteiger partial charge on any atom is -0.395 e. The molecule has 138 heavy (non-hydrogen) atoms. The van der Waals surface area contributed by atoms with E-state index in [1.54, 1.807) is 57.2 Å². The molecule has 9 aromatic heterocycles. The zero-order chi connectivity index (χ0) is 97.8. The number of hydrogen-bond donors (Lipinski definition) is 10. The van der Waals surface area contributed by atoms with Crippen LogP contribution in [0.4, 0.5) is 17.1 Å². The standard InChI is InChI=1S/C38H43N5O4S.C31H37N5O4S.C29H33N5O3S.C9H10O2/c1-24-17-32(43-47-24)35(44)40-30-12-8-11-26(20-30)33(22-39-15-16-46-23-25-9-6-5-7-10-25)41-36(45)34-21-28-18-27-19-29(38(2,3)4)13-14-31(27)42-37(28)48-34;1-18-12-25(36-40-18)28(38)33-23-7-5-6-19(15-23)26(17-32-10-11-37)34-29(39)27-16-21-13-20-14-22(31(2,3)4)8-9-24(20)35-30(21)41-27;1-16-10-23(34-37-16)26(35)31-21-7-5-6-17(13-21)24(15-30)32-27(36)25-14-19-11-18-12-20(29(2,3)4)8-9-22(18)33-28(19)38-25;10-6-7-11-8-9-4-2-1-3-5-9/h5-12,17-18,20-21,29,33,39H,13-16,19,22-23H2,1-4H3,(H,40,44)(H,41,45);5-7,12-13,15-16,22,26,32,37H,8-11,14,17H2,1-4H3,(H,33,38)(H,34,39);5-7,10-11,13-14,20,24H,8-9,12,15,30H2,1-4H3,(H,31,35)(H,32,36);1-6H,7-8H2/t29-,33-;22-,26-;20-,24-;/m111./s1. The molecule has 0 spiro atoms. The molecule has 0 saturated heterocycles. The average Bonchev–Trinajstić information content (AvgIpc) is 1.66. The molecular formula is C107H123N15O13S3. The van der Waals surface area contributed by atoms with Gasteiger partial charge in [-0.2, -0.15) is 0 Å². The lowest BCUT2D eigenvalue weighted by Gasteiger charge is -2.34. The van der Waals surface area contributed by atoms with Crippen molar-refractivity contribution in [1.29, 1.82) is 0 Å². The van der Waals surface area contributed by atoms with Crippen LogP contribution >= 0.6 is 34.0 Å². The Balaban J connectivity index is 0.000000157. The summed E-state index contributed by atoms with van der Waals surface area (Å²) in [7, 11) is 0. The van der Waals surface area contributed by atoms with Crippen molar-refractivity contribution in [2.24, 2.45) is 39.7 Å². The van der Waals surface area contributed by atoms with Crippen LogP contribution in [-0.4, -0.2) is 130 Å². The van der Waals surface area contributed by atoms with Gasteiger partial charge in [-0.25, -0.2) is 15.0 Å². The maximum atomic E-state index is 13.8. The number of ether oxygens (including phenoxy) is 2. The van der Waals surface area contributed by atoms with E-state index < -0.39 is 12.1 Å². The van der Waals surface area contributed by atoms with E-state index in [2.05, 4.69) is 139 Å². The molecule has 5 aromatic carbocycles. The number of thiophene rings is 3. The first kappa shape index (κ1) is 101. The number of benzene rings is 5. The largest absolute Gasteiger partial charge is 0.395 e. The van der Waals surface area contributed by atoms with Gasteiger partial charge in [0.05, 0.1) is 59.2 Å². The molecule has 0 aliphatic heterocycles. The third kappa shape index (κ3) is 27.6. The summed E-state index contributed by atoms with van der Waals surface area (Å²) in [5.74, 6) is 1.84. The number of nitrogens with two attached hydrogens (primary N) is 1. The number of carbonyl (C=O) groups is 7. The molecule has 17 rings (SSSR count). The number of aliphatic hydroxyl groups excluding tert-OH is 1. The number of amides is 6. The zero-order valence-electron chi connectivity index (χ0n) is 80.2. The molecule has 0 unspecified atom stereocenters. The number of anilines is 3. The highest BCUT2D eigenvalue weighted by molar-refractivity contribution is 7.21. The Morgan fingerprint density at radius 1 is 0.435 bits per heavy atom. The van der Waals surface area contributed by atoms with Crippen molar-refractivity contribution in [1.82, 2.24) is 57.0 Å². The zero-order valence-corrected chi connectivity index (χ0v) is 82.7. The molecule has 9 heterocycles. The first-order valence-corrected chi connectivity index (χ1v) is 49.3. The molecule has 6 amide bonds. The van der Waals surface area contributed by atoms with Crippen molar-refractivity contribution in [3.8, 4) is 0 Å². The lowest BCUT2D eigenvalue weighted by Crippen LogP contribution is -2.36. The van der Waals surface area contributed by atoms with Crippen LogP contribution < -0.4 is 48.3 Å². The van der Waals surface area contributed by atoms with Gasteiger partial charge in [-0.3, -0.25) is 28.8 Å². The van der Waals surface area contributed by atoms with Crippen LogP contribution in [0.25, 0.3) is 30.6 Å². The summed E-state index contributed by atoms with van der Waals surface area (Å²) in [6, 6.07) is 57.9. The van der Waals surface area contributed by atoms with Crippen LogP contribution in [0, 0.1) is 54.8 Å². The lowest BCUT2D eigenvalue weighted by atomic mass is 9.71. The fraction of sp³-hybridized carbons (Fsp3) is 0.374. The fourth-order valence-electron chi connectivity index (χ4n) is 17.2. The first-order valence-electron chi connectivity index (χ1n) is 46.9. The first-order chi connectivity index (χ1) is 66.3. The van der Waals surface area contributed by atoms with Crippen LogP contribution in [0.3, 0.4) is 0 Å². The Morgan fingerprint density at radius 3 is 1.10 bits per heavy atom. The fourth-order valence-corrected chi connectivity index (χ4v) is 20.0. The van der Waals surface area contributed by atoms with Gasteiger partial charge in [-0.05, 0) is 230 Å². The van der Waals surface area contributed by atoms with Gasteiger partial charge in [-0.1, -0.05) is 175 Å². The number of aryl methyl sites for hydroxylation is 6. The normalized spacial score (nSPS) is 15.2. The summed E-state index contributed by atoms with van der Waals surface area (Å²) in [5, 5.41) is 48.2. The van der Waals surface area contributed by atoms with Crippen molar-refractivity contribution in [3.05, 3.63) is 299 Å². The van der Waals surface area contributed by atoms with Crippen LogP contribution in [0.2, 0.25) is 0 Å². The summed E-state index contributed by atoms with van der Waals surface area (Å²) in [4.78, 5) is 108. The van der Waals surface area contributed by atoms with Gasteiger partial charge in [0.2, 0.25) is 0 Å². The van der Waals surface area contributed by atoms with E-state index in [4.69, 9.17) is 43.7 Å². The number of aldehydes is 1. The van der Waals surface area contributed by atoms with Crippen molar-refractivity contribution in [2.45, 2.75) is 172 Å². The molecule has 0 saturated carbocycles. The minimum atomic E-state index is -0.424. The Hall–Kier alpha value is -12.7. The van der Waals surface area contributed by atoms with E-state index in [-0.39, 0.29) is 94.6 Å². The highest BCUT2D eigenvalue weighted by atomic mass is 32.1. The van der Waals surface area contributed by atoms with Gasteiger partial charge in [0.1, 0.15) is 44.7 Å². The molecular weight excluding hydrogens is 1800 g/mol. The second-order valence-electron chi connectivity index (χ2n) is 38.6. The molecule has 722 valence electrons. The van der Waals surface area contributed by atoms with Crippen LogP contribution in [0.5, 0.6) is 0 Å². The third-order valence-electron chi connectivity index (χ3n) is 25.2. The molecule has 14 aromatic rings. The summed E-state index contributed by atoms with van der Waals surface area (Å²) < 4.78 is 25.9. The predicted molar refractivity (Wildman–Crippen MR) is 541 cm³/mol. The quantitative estimate of drug-likeness (QED) is 0.0142.